The summed E-state index contributed by atoms with van der Waals surface area (Å²) in [5.41, 5.74) is 1.23. The van der Waals surface area contributed by atoms with Crippen molar-refractivity contribution in [2.75, 3.05) is 12.4 Å². The maximum atomic E-state index is 12.2. The molecule has 0 unspecified atom stereocenters. The molecular weight excluding hydrogens is 280 g/mol. The average Bonchev–Trinajstić information content (AvgIpc) is 2.76. The first kappa shape index (κ1) is 14.5. The molecule has 2 N–H and O–H groups in total. The monoisotopic (exact) mass is 296 g/mol. The third-order valence-electron chi connectivity index (χ3n) is 2.83. The summed E-state index contributed by atoms with van der Waals surface area (Å²) in [4.78, 5) is 8.04. The molecule has 2 aromatic heterocycles. The smallest absolute Gasteiger partial charge is 0.244 e. The lowest BCUT2D eigenvalue weighted by atomic mass is 10.4. The highest BCUT2D eigenvalue weighted by Gasteiger charge is 2.19. The highest BCUT2D eigenvalue weighted by Crippen LogP contribution is 2.19. The minimum absolute atomic E-state index is 0.00490. The van der Waals surface area contributed by atoms with E-state index in [4.69, 9.17) is 4.42 Å². The Hall–Kier alpha value is -1.93. The van der Waals surface area contributed by atoms with E-state index in [0.717, 1.165) is 5.69 Å². The van der Waals surface area contributed by atoms with Crippen LogP contribution >= 0.6 is 0 Å². The molecule has 0 radical (unpaired) electrons. The second kappa shape index (κ2) is 5.59. The van der Waals surface area contributed by atoms with E-state index in [0.29, 0.717) is 17.3 Å². The lowest BCUT2D eigenvalue weighted by molar-refractivity contribution is 0.463. The van der Waals surface area contributed by atoms with Gasteiger partial charge in [-0.3, -0.25) is 4.98 Å². The van der Waals surface area contributed by atoms with E-state index in [1.54, 1.807) is 27.0 Å². The fourth-order valence-electron chi connectivity index (χ4n) is 1.65. The predicted octanol–water partition coefficient (Wildman–Crippen LogP) is 1.21. The van der Waals surface area contributed by atoms with E-state index in [1.807, 2.05) is 0 Å². The summed E-state index contributed by atoms with van der Waals surface area (Å²) in [6.07, 6.45) is 2.81. The van der Waals surface area contributed by atoms with Crippen molar-refractivity contribution in [1.82, 2.24) is 14.7 Å². The molecule has 0 fully saturated rings. The van der Waals surface area contributed by atoms with E-state index in [-0.39, 0.29) is 11.4 Å². The van der Waals surface area contributed by atoms with Crippen LogP contribution in [-0.4, -0.2) is 25.4 Å². The molecule has 0 spiro atoms. The summed E-state index contributed by atoms with van der Waals surface area (Å²) in [5.74, 6) is 1.01. The van der Waals surface area contributed by atoms with Gasteiger partial charge in [-0.15, -0.1) is 0 Å². The predicted molar refractivity (Wildman–Crippen MR) is 73.8 cm³/mol. The van der Waals surface area contributed by atoms with Crippen molar-refractivity contribution in [2.45, 2.75) is 25.3 Å². The van der Waals surface area contributed by atoms with Crippen LogP contribution in [0.5, 0.6) is 0 Å². The SMILES string of the molecule is CNc1ccncc1S(=O)(=O)NCc1nc(C)c(C)o1. The minimum Gasteiger partial charge on any atom is -0.444 e. The third kappa shape index (κ3) is 2.97. The van der Waals surface area contributed by atoms with E-state index < -0.39 is 10.0 Å². The fraction of sp³-hybridized carbons (Fsp3) is 0.333. The van der Waals surface area contributed by atoms with E-state index >= 15 is 0 Å². The topological polar surface area (TPSA) is 97.1 Å². The van der Waals surface area contributed by atoms with Crippen LogP contribution in [0.1, 0.15) is 17.3 Å². The molecule has 2 rings (SSSR count). The molecule has 0 saturated carbocycles. The maximum Gasteiger partial charge on any atom is 0.244 e. The molecule has 0 aliphatic heterocycles. The first-order valence-corrected chi connectivity index (χ1v) is 7.46. The normalized spacial score (nSPS) is 11.6. The Labute approximate surface area is 117 Å². The Kier molecular flexibility index (Phi) is 4.05. The quantitative estimate of drug-likeness (QED) is 0.860. The molecule has 108 valence electrons. The second-order valence-electron chi connectivity index (χ2n) is 4.20. The van der Waals surface area contributed by atoms with Gasteiger partial charge in [0.25, 0.3) is 0 Å². The summed E-state index contributed by atoms with van der Waals surface area (Å²) in [5, 5.41) is 2.81. The number of nitrogens with one attached hydrogen (secondary N) is 2. The average molecular weight is 296 g/mol. The van der Waals surface area contributed by atoms with Crippen molar-refractivity contribution in [3.63, 3.8) is 0 Å². The van der Waals surface area contributed by atoms with Gasteiger partial charge in [-0.1, -0.05) is 0 Å². The van der Waals surface area contributed by atoms with Gasteiger partial charge in [0.05, 0.1) is 17.9 Å². The van der Waals surface area contributed by atoms with Gasteiger partial charge >= 0.3 is 0 Å². The van der Waals surface area contributed by atoms with Crippen LogP contribution in [0, 0.1) is 13.8 Å². The number of aromatic nitrogens is 2. The molecule has 0 aliphatic rings. The van der Waals surface area contributed by atoms with Crippen LogP contribution in [0.25, 0.3) is 0 Å². The summed E-state index contributed by atoms with van der Waals surface area (Å²) in [6, 6.07) is 1.59. The minimum atomic E-state index is -3.68. The van der Waals surface area contributed by atoms with Crippen LogP contribution in [0.2, 0.25) is 0 Å². The third-order valence-corrected chi connectivity index (χ3v) is 4.26. The first-order valence-electron chi connectivity index (χ1n) is 5.98. The number of rotatable bonds is 5. The van der Waals surface area contributed by atoms with Gasteiger partial charge in [0, 0.05) is 19.4 Å². The lowest BCUT2D eigenvalue weighted by Crippen LogP contribution is -2.24. The number of hydrogen-bond donors (Lipinski definition) is 2. The van der Waals surface area contributed by atoms with E-state index in [2.05, 4.69) is 20.0 Å². The molecule has 0 aliphatic carbocycles. The van der Waals surface area contributed by atoms with Crippen LogP contribution in [0.3, 0.4) is 0 Å². The van der Waals surface area contributed by atoms with Gasteiger partial charge in [-0.2, -0.15) is 0 Å². The Morgan fingerprint density at radius 3 is 2.70 bits per heavy atom. The van der Waals surface area contributed by atoms with Crippen molar-refractivity contribution in [3.05, 3.63) is 35.8 Å². The van der Waals surface area contributed by atoms with Crippen LogP contribution in [-0.2, 0) is 16.6 Å². The van der Waals surface area contributed by atoms with Gasteiger partial charge in [-0.05, 0) is 19.9 Å². The van der Waals surface area contributed by atoms with Crippen LogP contribution in [0.15, 0.2) is 27.8 Å². The Balaban J connectivity index is 2.19. The largest absolute Gasteiger partial charge is 0.444 e. The molecule has 0 amide bonds. The number of oxazole rings is 1. The van der Waals surface area contributed by atoms with Gasteiger partial charge in [0.1, 0.15) is 10.7 Å². The Morgan fingerprint density at radius 1 is 1.35 bits per heavy atom. The Morgan fingerprint density at radius 2 is 2.10 bits per heavy atom. The second-order valence-corrected chi connectivity index (χ2v) is 5.93. The van der Waals surface area contributed by atoms with Crippen molar-refractivity contribution >= 4 is 15.7 Å². The molecule has 2 aromatic rings. The number of nitrogens with zero attached hydrogens (tertiary/aromatic N) is 2. The molecule has 0 aromatic carbocycles. The summed E-state index contributed by atoms with van der Waals surface area (Å²) < 4.78 is 32.2. The zero-order valence-electron chi connectivity index (χ0n) is 11.5. The molecule has 7 nitrogen and oxygen atoms in total. The number of sulfonamides is 1. The van der Waals surface area contributed by atoms with E-state index in [9.17, 15) is 8.42 Å². The molecule has 0 bridgehead atoms. The summed E-state index contributed by atoms with van der Waals surface area (Å²) >= 11 is 0. The number of pyridine rings is 1. The molecular formula is C12H16N4O3S. The summed E-state index contributed by atoms with van der Waals surface area (Å²) in [7, 11) is -2.03. The van der Waals surface area contributed by atoms with Crippen LogP contribution in [0.4, 0.5) is 5.69 Å². The number of anilines is 1. The fourth-order valence-corrected chi connectivity index (χ4v) is 2.78. The molecule has 8 heteroatoms. The van der Waals surface area contributed by atoms with Gasteiger partial charge in [0.15, 0.2) is 0 Å². The van der Waals surface area contributed by atoms with Crippen molar-refractivity contribution in [3.8, 4) is 0 Å². The Bertz CT molecular complexity index is 690. The maximum absolute atomic E-state index is 12.2. The van der Waals surface area contributed by atoms with Crippen LogP contribution < -0.4 is 10.0 Å². The molecule has 0 atom stereocenters. The van der Waals surface area contributed by atoms with Crippen molar-refractivity contribution < 1.29 is 12.8 Å². The zero-order chi connectivity index (χ0) is 14.8. The molecule has 20 heavy (non-hydrogen) atoms. The zero-order valence-corrected chi connectivity index (χ0v) is 12.3. The standard InChI is InChI=1S/C12H16N4O3S/c1-8-9(2)19-12(16-8)7-15-20(17,18)11-6-14-5-4-10(11)13-3/h4-6,15H,7H2,1-3H3,(H,13,14). The highest BCUT2D eigenvalue weighted by atomic mass is 32.2. The number of aryl methyl sites for hydroxylation is 2. The first-order chi connectivity index (χ1) is 9.44. The van der Waals surface area contributed by atoms with Crippen molar-refractivity contribution in [2.24, 2.45) is 0 Å². The highest BCUT2D eigenvalue weighted by molar-refractivity contribution is 7.89. The molecule has 2 heterocycles. The van der Waals surface area contributed by atoms with Gasteiger partial charge < -0.3 is 9.73 Å². The lowest BCUT2D eigenvalue weighted by Gasteiger charge is -2.09. The van der Waals surface area contributed by atoms with Gasteiger partial charge in [0.2, 0.25) is 15.9 Å². The number of hydrogen-bond acceptors (Lipinski definition) is 6. The van der Waals surface area contributed by atoms with E-state index in [1.165, 1.54) is 12.4 Å². The van der Waals surface area contributed by atoms with Crippen molar-refractivity contribution in [1.29, 1.82) is 0 Å². The summed E-state index contributed by atoms with van der Waals surface area (Å²) in [6.45, 7) is 3.58. The molecule has 0 saturated heterocycles. The van der Waals surface area contributed by atoms with Gasteiger partial charge in [-0.25, -0.2) is 18.1 Å².